The van der Waals surface area contributed by atoms with Crippen LogP contribution in [0.25, 0.3) is 0 Å². The highest BCUT2D eigenvalue weighted by Crippen LogP contribution is 2.21. The molecule has 1 unspecified atom stereocenters. The minimum atomic E-state index is -3.51. The van der Waals surface area contributed by atoms with Crippen LogP contribution in [0, 0.1) is 18.7 Å². The van der Waals surface area contributed by atoms with Crippen molar-refractivity contribution in [2.75, 3.05) is 23.6 Å². The van der Waals surface area contributed by atoms with Gasteiger partial charge in [-0.1, -0.05) is 12.1 Å². The van der Waals surface area contributed by atoms with Gasteiger partial charge in [-0.3, -0.25) is 4.72 Å². The number of nitrogens with one attached hydrogen (secondary N) is 2. The van der Waals surface area contributed by atoms with Gasteiger partial charge >= 0.3 is 0 Å². The second kappa shape index (κ2) is 5.88. The number of sulfonamides is 1. The highest BCUT2D eigenvalue weighted by atomic mass is 32.2. The molecule has 106 valence electrons. The van der Waals surface area contributed by atoms with Crippen molar-refractivity contribution in [3.63, 3.8) is 0 Å². The van der Waals surface area contributed by atoms with Gasteiger partial charge in [0.1, 0.15) is 5.82 Å². The summed E-state index contributed by atoms with van der Waals surface area (Å²) in [6.45, 7) is 3.33. The summed E-state index contributed by atoms with van der Waals surface area (Å²) in [6, 6.07) is 4.50. The first-order valence-electron chi connectivity index (χ1n) is 6.44. The molecule has 1 aromatic rings. The number of piperidine rings is 1. The Labute approximate surface area is 113 Å². The molecule has 0 bridgehead atoms. The Balaban J connectivity index is 2.08. The molecule has 0 amide bonds. The fourth-order valence-electron chi connectivity index (χ4n) is 2.33. The third-order valence-corrected chi connectivity index (χ3v) is 4.76. The van der Waals surface area contributed by atoms with E-state index >= 15 is 0 Å². The molecule has 1 aromatic carbocycles. The van der Waals surface area contributed by atoms with Crippen LogP contribution in [0.5, 0.6) is 0 Å². The number of benzene rings is 1. The molecule has 1 atom stereocenters. The molecule has 19 heavy (non-hydrogen) atoms. The van der Waals surface area contributed by atoms with Crippen molar-refractivity contribution in [3.05, 3.63) is 29.6 Å². The smallest absolute Gasteiger partial charge is 0.233 e. The molecule has 0 aliphatic carbocycles. The van der Waals surface area contributed by atoms with Gasteiger partial charge in [0.2, 0.25) is 10.0 Å². The van der Waals surface area contributed by atoms with Crippen molar-refractivity contribution < 1.29 is 12.8 Å². The number of halogens is 1. The summed E-state index contributed by atoms with van der Waals surface area (Å²) >= 11 is 0. The van der Waals surface area contributed by atoms with Crippen LogP contribution in [0.3, 0.4) is 0 Å². The molecule has 1 heterocycles. The van der Waals surface area contributed by atoms with E-state index in [0.717, 1.165) is 19.4 Å². The average molecular weight is 286 g/mol. The van der Waals surface area contributed by atoms with Gasteiger partial charge in [-0.05, 0) is 50.4 Å². The predicted octanol–water partition coefficient (Wildman–Crippen LogP) is 1.88. The van der Waals surface area contributed by atoms with E-state index in [1.165, 1.54) is 6.07 Å². The molecule has 0 aromatic heterocycles. The molecule has 1 aliphatic heterocycles. The molecule has 0 spiro atoms. The minimum absolute atomic E-state index is 0.0355. The Hall–Kier alpha value is -1.14. The van der Waals surface area contributed by atoms with E-state index in [1.54, 1.807) is 19.1 Å². The summed E-state index contributed by atoms with van der Waals surface area (Å²) in [6.07, 6.45) is 1.88. The van der Waals surface area contributed by atoms with Crippen molar-refractivity contribution in [1.82, 2.24) is 5.32 Å². The maximum absolute atomic E-state index is 13.6. The van der Waals surface area contributed by atoms with Crippen molar-refractivity contribution in [2.24, 2.45) is 5.92 Å². The quantitative estimate of drug-likeness (QED) is 0.888. The lowest BCUT2D eigenvalue weighted by Crippen LogP contribution is -2.35. The SMILES string of the molecule is Cc1cccc(F)c1NS(=O)(=O)CC1CCCNC1. The molecular formula is C13H19FN2O2S. The monoisotopic (exact) mass is 286 g/mol. The van der Waals surface area contributed by atoms with Gasteiger partial charge in [-0.25, -0.2) is 12.8 Å². The maximum atomic E-state index is 13.6. The largest absolute Gasteiger partial charge is 0.316 e. The van der Waals surface area contributed by atoms with Crippen molar-refractivity contribution in [3.8, 4) is 0 Å². The summed E-state index contributed by atoms with van der Waals surface area (Å²) in [5.74, 6) is -0.406. The summed E-state index contributed by atoms with van der Waals surface area (Å²) < 4.78 is 40.1. The Morgan fingerprint density at radius 2 is 2.26 bits per heavy atom. The van der Waals surface area contributed by atoms with Gasteiger partial charge in [0.15, 0.2) is 0 Å². The molecule has 6 heteroatoms. The van der Waals surface area contributed by atoms with E-state index in [2.05, 4.69) is 10.0 Å². The fraction of sp³-hybridized carbons (Fsp3) is 0.538. The van der Waals surface area contributed by atoms with E-state index < -0.39 is 15.8 Å². The van der Waals surface area contributed by atoms with Gasteiger partial charge in [-0.15, -0.1) is 0 Å². The molecule has 1 saturated heterocycles. The standard InChI is InChI=1S/C13H19FN2O2S/c1-10-4-2-6-12(14)13(10)16-19(17,18)9-11-5-3-7-15-8-11/h2,4,6,11,15-16H,3,5,7-9H2,1H3. The first-order valence-corrected chi connectivity index (χ1v) is 8.09. The number of aryl methyl sites for hydroxylation is 1. The highest BCUT2D eigenvalue weighted by molar-refractivity contribution is 7.92. The van der Waals surface area contributed by atoms with Crippen LogP contribution in [0.15, 0.2) is 18.2 Å². The molecule has 2 N–H and O–H groups in total. The summed E-state index contributed by atoms with van der Waals surface area (Å²) in [5.41, 5.74) is 0.650. The number of rotatable bonds is 4. The van der Waals surface area contributed by atoms with Crippen LogP contribution >= 0.6 is 0 Å². The lowest BCUT2D eigenvalue weighted by molar-refractivity contribution is 0.404. The molecule has 4 nitrogen and oxygen atoms in total. The Kier molecular flexibility index (Phi) is 4.42. The first kappa shape index (κ1) is 14.3. The predicted molar refractivity (Wildman–Crippen MR) is 74.1 cm³/mol. The molecule has 1 aliphatic rings. The fourth-order valence-corrected chi connectivity index (χ4v) is 3.89. The van der Waals surface area contributed by atoms with Crippen LogP contribution in [0.1, 0.15) is 18.4 Å². The van der Waals surface area contributed by atoms with Crippen LogP contribution in [-0.2, 0) is 10.0 Å². The average Bonchev–Trinajstić information content (AvgIpc) is 2.35. The zero-order chi connectivity index (χ0) is 13.9. The van der Waals surface area contributed by atoms with Crippen molar-refractivity contribution in [2.45, 2.75) is 19.8 Å². The molecule has 1 fully saturated rings. The first-order chi connectivity index (χ1) is 8.98. The second-order valence-corrected chi connectivity index (χ2v) is 6.79. The van der Waals surface area contributed by atoms with Crippen molar-refractivity contribution >= 4 is 15.7 Å². The number of hydrogen-bond donors (Lipinski definition) is 2. The van der Waals surface area contributed by atoms with Gasteiger partial charge in [0.25, 0.3) is 0 Å². The van der Waals surface area contributed by atoms with Gasteiger partial charge in [-0.2, -0.15) is 0 Å². The maximum Gasteiger partial charge on any atom is 0.233 e. The van der Waals surface area contributed by atoms with E-state index in [4.69, 9.17) is 0 Å². The van der Waals surface area contributed by atoms with E-state index in [-0.39, 0.29) is 17.4 Å². The van der Waals surface area contributed by atoms with E-state index in [1.807, 2.05) is 0 Å². The zero-order valence-electron chi connectivity index (χ0n) is 10.9. The van der Waals surface area contributed by atoms with Gasteiger partial charge in [0, 0.05) is 0 Å². The number of para-hydroxylation sites is 1. The van der Waals surface area contributed by atoms with Crippen molar-refractivity contribution in [1.29, 1.82) is 0 Å². The summed E-state index contributed by atoms with van der Waals surface area (Å²) in [7, 11) is -3.51. The Bertz CT molecular complexity index is 519. The molecular weight excluding hydrogens is 267 g/mol. The second-order valence-electron chi connectivity index (χ2n) is 5.03. The molecule has 0 radical (unpaired) electrons. The Morgan fingerprint density at radius 3 is 2.89 bits per heavy atom. The third-order valence-electron chi connectivity index (χ3n) is 3.33. The van der Waals surface area contributed by atoms with Crippen LogP contribution in [0.4, 0.5) is 10.1 Å². The lowest BCUT2D eigenvalue weighted by atomic mass is 10.0. The minimum Gasteiger partial charge on any atom is -0.316 e. The van der Waals surface area contributed by atoms with Gasteiger partial charge in [0.05, 0.1) is 11.4 Å². The molecule has 0 saturated carbocycles. The number of hydrogen-bond acceptors (Lipinski definition) is 3. The zero-order valence-corrected chi connectivity index (χ0v) is 11.8. The molecule has 2 rings (SSSR count). The van der Waals surface area contributed by atoms with E-state index in [9.17, 15) is 12.8 Å². The highest BCUT2D eigenvalue weighted by Gasteiger charge is 2.22. The normalized spacial score (nSPS) is 20.2. The Morgan fingerprint density at radius 1 is 1.47 bits per heavy atom. The van der Waals surface area contributed by atoms with Crippen LogP contribution in [0.2, 0.25) is 0 Å². The third kappa shape index (κ3) is 3.91. The van der Waals surface area contributed by atoms with Crippen LogP contribution in [-0.4, -0.2) is 27.3 Å². The number of anilines is 1. The van der Waals surface area contributed by atoms with Gasteiger partial charge < -0.3 is 5.32 Å². The summed E-state index contributed by atoms with van der Waals surface area (Å²) in [5, 5.41) is 3.18. The summed E-state index contributed by atoms with van der Waals surface area (Å²) in [4.78, 5) is 0. The van der Waals surface area contributed by atoms with Crippen LogP contribution < -0.4 is 10.0 Å². The van der Waals surface area contributed by atoms with E-state index in [0.29, 0.717) is 12.1 Å². The topological polar surface area (TPSA) is 58.2 Å². The lowest BCUT2D eigenvalue weighted by Gasteiger charge is -2.23.